The highest BCUT2D eigenvalue weighted by molar-refractivity contribution is 7.85. The molecule has 0 saturated carbocycles. The maximum atomic E-state index is 13.0. The van der Waals surface area contributed by atoms with Gasteiger partial charge in [-0.25, -0.2) is 4.79 Å². The SMILES string of the molecule is CC(C)(C)C(=O)OC/C=C/c1ccc(O[C@@H]2O[C@H](C(=O)O)[C@@H](O)[C@H](O)[C@H]2O)c(NC(=O)CCNC(=O)[C@@H](CC(=O)CCN2C(=O)C=CC2=O)CS(=O)(=O)O)c1. The van der Waals surface area contributed by atoms with Crippen molar-refractivity contribution in [1.82, 2.24) is 10.2 Å². The van der Waals surface area contributed by atoms with Gasteiger partial charge in [0.2, 0.25) is 18.1 Å². The molecule has 7 N–H and O–H groups in total. The molecule has 0 unspecified atom stereocenters. The second-order valence-corrected chi connectivity index (χ2v) is 15.0. The lowest BCUT2D eigenvalue weighted by Crippen LogP contribution is -2.61. The number of nitrogens with one attached hydrogen (secondary N) is 2. The third kappa shape index (κ3) is 13.3. The highest BCUT2D eigenvalue weighted by Gasteiger charge is 2.48. The van der Waals surface area contributed by atoms with E-state index >= 15 is 0 Å². The van der Waals surface area contributed by atoms with Crippen molar-refractivity contribution in [2.75, 3.05) is 30.8 Å². The third-order valence-electron chi connectivity index (χ3n) is 7.99. The van der Waals surface area contributed by atoms with Gasteiger partial charge in [-0.05, 0) is 44.5 Å². The number of Topliss-reactive ketones (excluding diaryl/α,β-unsaturated/α-hetero) is 1. The number of amides is 4. The van der Waals surface area contributed by atoms with Gasteiger partial charge in [0, 0.05) is 44.5 Å². The van der Waals surface area contributed by atoms with Crippen LogP contribution < -0.4 is 15.4 Å². The molecule has 2 heterocycles. The summed E-state index contributed by atoms with van der Waals surface area (Å²) in [5, 5.41) is 44.8. The van der Waals surface area contributed by atoms with Crippen molar-refractivity contribution in [2.45, 2.75) is 70.7 Å². The molecule has 0 aliphatic carbocycles. The number of hydrogen-bond donors (Lipinski definition) is 7. The van der Waals surface area contributed by atoms with Crippen molar-refractivity contribution in [3.63, 3.8) is 0 Å². The van der Waals surface area contributed by atoms with Crippen molar-refractivity contribution in [3.05, 3.63) is 42.0 Å². The molecule has 2 aliphatic rings. The maximum Gasteiger partial charge on any atom is 0.335 e. The largest absolute Gasteiger partial charge is 0.479 e. The van der Waals surface area contributed by atoms with Crippen LogP contribution in [-0.4, -0.2) is 136 Å². The molecular weight excluding hydrogens is 754 g/mol. The van der Waals surface area contributed by atoms with Crippen LogP contribution in [0, 0.1) is 11.3 Å². The van der Waals surface area contributed by atoms with Crippen molar-refractivity contribution in [1.29, 1.82) is 0 Å². The van der Waals surface area contributed by atoms with Gasteiger partial charge in [-0.2, -0.15) is 8.42 Å². The Kier molecular flexibility index (Phi) is 15.3. The standard InChI is InChI=1S/C34H43N3O17S/c1-34(2,3)33(48)52-14-4-5-18-6-7-22(53-32-28(44)26(42)27(43)29(54-32)31(46)47)21(15-18)36-23(39)10-12-35-30(45)19(17-55(49,50)51)16-20(38)11-13-37-24(40)8-9-25(37)41/h4-9,15,19,26-29,32,42-44H,10-14,16-17H2,1-3H3,(H,35,45)(H,36,39)(H,46,47)(H,49,50,51)/b5-4+/t19-,26-,27-,28+,29-,32+/m0/s1. The van der Waals surface area contributed by atoms with Crippen molar-refractivity contribution in [3.8, 4) is 5.75 Å². The Bertz CT molecular complexity index is 1800. The summed E-state index contributed by atoms with van der Waals surface area (Å²) >= 11 is 0. The highest BCUT2D eigenvalue weighted by atomic mass is 32.2. The molecule has 21 heteroatoms. The number of aliphatic hydroxyl groups is 3. The fourth-order valence-corrected chi connectivity index (χ4v) is 5.83. The topological polar surface area (TPSA) is 310 Å². The predicted octanol–water partition coefficient (Wildman–Crippen LogP) is -1.22. The van der Waals surface area contributed by atoms with Crippen molar-refractivity contribution >= 4 is 63.2 Å². The van der Waals surface area contributed by atoms with Crippen LogP contribution in [0.4, 0.5) is 5.69 Å². The number of ether oxygens (including phenoxy) is 3. The first kappa shape index (κ1) is 44.3. The molecule has 6 atom stereocenters. The Balaban J connectivity index is 1.71. The fourth-order valence-electron chi connectivity index (χ4n) is 5.05. The molecule has 1 saturated heterocycles. The maximum absolute atomic E-state index is 13.0. The number of imide groups is 1. The van der Waals surface area contributed by atoms with Crippen molar-refractivity contribution < 1.29 is 81.2 Å². The number of ketones is 1. The molecule has 0 bridgehead atoms. The number of carboxylic acid groups (broad SMARTS) is 1. The number of aliphatic hydroxyl groups excluding tert-OH is 3. The Morgan fingerprint density at radius 2 is 1.65 bits per heavy atom. The minimum Gasteiger partial charge on any atom is -0.479 e. The lowest BCUT2D eigenvalue weighted by molar-refractivity contribution is -0.271. The molecule has 1 fully saturated rings. The van der Waals surface area contributed by atoms with E-state index in [-0.39, 0.29) is 24.6 Å². The minimum atomic E-state index is -4.76. The first-order valence-electron chi connectivity index (χ1n) is 16.7. The number of aliphatic carboxylic acids is 1. The number of carbonyl (C=O) groups is 7. The lowest BCUT2D eigenvalue weighted by Gasteiger charge is -2.38. The van der Waals surface area contributed by atoms with E-state index in [1.807, 2.05) is 0 Å². The predicted molar refractivity (Wildman–Crippen MR) is 187 cm³/mol. The Morgan fingerprint density at radius 3 is 2.25 bits per heavy atom. The Hall–Kier alpha value is -5.06. The van der Waals surface area contributed by atoms with E-state index in [1.165, 1.54) is 30.4 Å². The van der Waals surface area contributed by atoms with E-state index < -0.39 is 125 Å². The van der Waals surface area contributed by atoms with Crippen LogP contribution in [0.5, 0.6) is 5.75 Å². The molecule has 1 aromatic carbocycles. The number of nitrogens with zero attached hydrogens (tertiary/aromatic N) is 1. The molecule has 302 valence electrons. The molecule has 2 aliphatic heterocycles. The summed E-state index contributed by atoms with van der Waals surface area (Å²) in [7, 11) is -4.76. The van der Waals surface area contributed by atoms with Gasteiger partial charge in [0.25, 0.3) is 21.9 Å². The molecule has 4 amide bonds. The number of anilines is 1. The van der Waals surface area contributed by atoms with Crippen LogP contribution in [0.2, 0.25) is 0 Å². The number of esters is 1. The zero-order valence-electron chi connectivity index (χ0n) is 29.9. The molecule has 1 aromatic rings. The van der Waals surface area contributed by atoms with Crippen LogP contribution in [0.3, 0.4) is 0 Å². The van der Waals surface area contributed by atoms with Gasteiger partial charge in [0.05, 0.1) is 22.8 Å². The Morgan fingerprint density at radius 1 is 1.00 bits per heavy atom. The second kappa shape index (κ2) is 19.0. The number of benzene rings is 1. The van der Waals surface area contributed by atoms with Crippen molar-refractivity contribution in [2.24, 2.45) is 11.3 Å². The zero-order valence-corrected chi connectivity index (χ0v) is 30.8. The average Bonchev–Trinajstić information content (AvgIpc) is 3.41. The van der Waals surface area contributed by atoms with E-state index in [0.717, 1.165) is 17.1 Å². The van der Waals surface area contributed by atoms with Gasteiger partial charge in [-0.15, -0.1) is 0 Å². The normalized spacial score (nSPS) is 22.0. The average molecular weight is 798 g/mol. The summed E-state index contributed by atoms with van der Waals surface area (Å²) in [6, 6.07) is 4.14. The number of hydrogen-bond acceptors (Lipinski definition) is 15. The fraction of sp³-hybridized carbons (Fsp3) is 0.500. The molecular formula is C34H43N3O17S. The van der Waals surface area contributed by atoms with Gasteiger partial charge >= 0.3 is 11.9 Å². The number of carboxylic acids is 1. The molecule has 0 radical (unpaired) electrons. The quantitative estimate of drug-likeness (QED) is 0.0520. The van der Waals surface area contributed by atoms with Crippen LogP contribution in [0.1, 0.15) is 45.6 Å². The summed E-state index contributed by atoms with van der Waals surface area (Å²) in [5.41, 5.74) is -0.419. The van der Waals surface area contributed by atoms with Crippen LogP contribution >= 0.6 is 0 Å². The highest BCUT2D eigenvalue weighted by Crippen LogP contribution is 2.31. The second-order valence-electron chi connectivity index (χ2n) is 13.5. The van der Waals surface area contributed by atoms with Crippen LogP contribution in [-0.2, 0) is 53.2 Å². The minimum absolute atomic E-state index is 0.0894. The Labute approximate surface area is 314 Å². The van der Waals surface area contributed by atoms with E-state index in [2.05, 4.69) is 10.6 Å². The van der Waals surface area contributed by atoms with Gasteiger partial charge in [0.1, 0.15) is 36.5 Å². The van der Waals surface area contributed by atoms with Gasteiger partial charge in [-0.1, -0.05) is 12.1 Å². The summed E-state index contributed by atoms with van der Waals surface area (Å²) in [5.74, 6) is -8.81. The van der Waals surface area contributed by atoms with Gasteiger partial charge in [-0.3, -0.25) is 38.2 Å². The smallest absolute Gasteiger partial charge is 0.335 e. The van der Waals surface area contributed by atoms with Gasteiger partial charge in [0.15, 0.2) is 6.10 Å². The first-order valence-corrected chi connectivity index (χ1v) is 18.3. The monoisotopic (exact) mass is 797 g/mol. The number of rotatable bonds is 18. The summed E-state index contributed by atoms with van der Waals surface area (Å²) < 4.78 is 48.6. The van der Waals surface area contributed by atoms with Crippen LogP contribution in [0.15, 0.2) is 36.4 Å². The number of carbonyl (C=O) groups excluding carboxylic acids is 6. The van der Waals surface area contributed by atoms with Gasteiger partial charge < -0.3 is 45.3 Å². The summed E-state index contributed by atoms with van der Waals surface area (Å²) in [6.07, 6.45) is -6.24. The molecule has 3 rings (SSSR count). The van der Waals surface area contributed by atoms with E-state index in [0.29, 0.717) is 5.56 Å². The first-order chi connectivity index (χ1) is 25.6. The molecule has 55 heavy (non-hydrogen) atoms. The third-order valence-corrected chi connectivity index (χ3v) is 8.81. The molecule has 20 nitrogen and oxygen atoms in total. The molecule has 0 aromatic heterocycles. The van der Waals surface area contributed by atoms with E-state index in [9.17, 15) is 67.0 Å². The summed E-state index contributed by atoms with van der Waals surface area (Å²) in [4.78, 5) is 86.3. The summed E-state index contributed by atoms with van der Waals surface area (Å²) in [6.45, 7) is 4.20. The lowest BCUT2D eigenvalue weighted by atomic mass is 9.97. The van der Waals surface area contributed by atoms with Crippen LogP contribution in [0.25, 0.3) is 6.08 Å². The zero-order chi connectivity index (χ0) is 41.2. The molecule has 0 spiro atoms. The van der Waals surface area contributed by atoms with E-state index in [4.69, 9.17) is 14.2 Å². The van der Waals surface area contributed by atoms with E-state index in [1.54, 1.807) is 20.8 Å².